The van der Waals surface area contributed by atoms with Crippen molar-refractivity contribution in [1.29, 1.82) is 0 Å². The number of carbonyl (C=O) groups excluding carboxylic acids is 1. The number of hydrogen-bond acceptors (Lipinski definition) is 7. The van der Waals surface area contributed by atoms with Gasteiger partial charge in [0.1, 0.15) is 11.9 Å². The van der Waals surface area contributed by atoms with Crippen molar-refractivity contribution >= 4 is 5.91 Å². The summed E-state index contributed by atoms with van der Waals surface area (Å²) >= 11 is 0. The average molecular weight is 391 g/mol. The predicted octanol–water partition coefficient (Wildman–Crippen LogP) is -0.198. The molecule has 5 atom stereocenters. The summed E-state index contributed by atoms with van der Waals surface area (Å²) in [7, 11) is 1.66. The number of ether oxygens (including phenoxy) is 3. The number of aliphatic hydroxyl groups excluding tert-OH is 1. The first-order chi connectivity index (χ1) is 13.6. The number of methoxy groups -OCH3 is 1. The van der Waals surface area contributed by atoms with Gasteiger partial charge in [-0.05, 0) is 6.07 Å². The second-order valence-electron chi connectivity index (χ2n) is 7.62. The third kappa shape index (κ3) is 3.75. The normalized spacial score (nSPS) is 33.1. The van der Waals surface area contributed by atoms with Crippen molar-refractivity contribution in [3.8, 4) is 5.75 Å². The van der Waals surface area contributed by atoms with E-state index in [4.69, 9.17) is 14.2 Å². The highest BCUT2D eigenvalue weighted by Crippen LogP contribution is 2.32. The molecule has 3 saturated heterocycles. The molecule has 0 saturated carbocycles. The highest BCUT2D eigenvalue weighted by Gasteiger charge is 2.52. The fraction of sp³-hybridized carbons (Fsp3) is 0.650. The smallest absolute Gasteiger partial charge is 0.219 e. The Morgan fingerprint density at radius 3 is 2.75 bits per heavy atom. The fourth-order valence-electron chi connectivity index (χ4n) is 4.45. The second kappa shape index (κ2) is 8.34. The minimum Gasteiger partial charge on any atom is -0.496 e. The van der Waals surface area contributed by atoms with Crippen LogP contribution in [0.15, 0.2) is 24.3 Å². The summed E-state index contributed by atoms with van der Waals surface area (Å²) in [5, 5.41) is 14.6. The zero-order valence-electron chi connectivity index (χ0n) is 16.4. The molecule has 3 aliphatic heterocycles. The van der Waals surface area contributed by atoms with Crippen molar-refractivity contribution in [2.75, 3.05) is 39.9 Å². The molecule has 0 spiro atoms. The van der Waals surface area contributed by atoms with Crippen LogP contribution in [0.25, 0.3) is 0 Å². The minimum absolute atomic E-state index is 0.0913. The van der Waals surface area contributed by atoms with Gasteiger partial charge in [0.2, 0.25) is 5.91 Å². The van der Waals surface area contributed by atoms with Gasteiger partial charge in [0.25, 0.3) is 0 Å². The molecule has 8 nitrogen and oxygen atoms in total. The van der Waals surface area contributed by atoms with E-state index < -0.39 is 12.4 Å². The third-order valence-electron chi connectivity index (χ3n) is 6.03. The maximum absolute atomic E-state index is 11.6. The summed E-state index contributed by atoms with van der Waals surface area (Å²) in [4.78, 5) is 15.6. The minimum atomic E-state index is -0.621. The predicted molar refractivity (Wildman–Crippen MR) is 102 cm³/mol. The SMILES string of the molecule is COc1ccccc1CN[C@H]1[C@H](O)[C@@H](N2CCN(C(C)=O)CC2)[C@@H]2OC[C@H]1O2. The Kier molecular flexibility index (Phi) is 5.84. The van der Waals surface area contributed by atoms with E-state index in [1.807, 2.05) is 29.2 Å². The molecule has 8 heteroatoms. The van der Waals surface area contributed by atoms with Gasteiger partial charge >= 0.3 is 0 Å². The Bertz CT molecular complexity index is 694. The van der Waals surface area contributed by atoms with Crippen LogP contribution >= 0.6 is 0 Å². The first-order valence-electron chi connectivity index (χ1n) is 9.88. The molecule has 3 aliphatic rings. The van der Waals surface area contributed by atoms with Crippen molar-refractivity contribution in [2.24, 2.45) is 0 Å². The molecular formula is C20H29N3O5. The molecule has 4 rings (SSSR count). The topological polar surface area (TPSA) is 83.5 Å². The summed E-state index contributed by atoms with van der Waals surface area (Å²) in [5.41, 5.74) is 1.03. The molecule has 0 aromatic heterocycles. The van der Waals surface area contributed by atoms with Crippen molar-refractivity contribution in [1.82, 2.24) is 15.1 Å². The van der Waals surface area contributed by atoms with Gasteiger partial charge < -0.3 is 29.5 Å². The standard InChI is InChI=1S/C20H29N3O5/c1-13(24)22-7-9-23(10-8-22)18-19(25)17(16-12-27-20(18)28-16)21-11-14-5-3-4-6-15(14)26-2/h3-6,16-21,25H,7-12H2,1-2H3/t16-,17-,18-,19+,20-/m1/s1. The van der Waals surface area contributed by atoms with Crippen molar-refractivity contribution < 1.29 is 24.1 Å². The highest BCUT2D eigenvalue weighted by atomic mass is 16.7. The van der Waals surface area contributed by atoms with Crippen LogP contribution in [0.1, 0.15) is 12.5 Å². The molecule has 3 heterocycles. The van der Waals surface area contributed by atoms with E-state index in [0.29, 0.717) is 39.3 Å². The molecule has 0 aliphatic carbocycles. The van der Waals surface area contributed by atoms with Crippen LogP contribution in [0.2, 0.25) is 0 Å². The number of aliphatic hydroxyl groups is 1. The number of rotatable bonds is 5. The fourth-order valence-corrected chi connectivity index (χ4v) is 4.45. The lowest BCUT2D eigenvalue weighted by Crippen LogP contribution is -2.66. The maximum Gasteiger partial charge on any atom is 0.219 e. The van der Waals surface area contributed by atoms with E-state index in [1.54, 1.807) is 14.0 Å². The molecule has 3 fully saturated rings. The van der Waals surface area contributed by atoms with Gasteiger partial charge in [-0.15, -0.1) is 0 Å². The summed E-state index contributed by atoms with van der Waals surface area (Å²) in [6, 6.07) is 7.36. The van der Waals surface area contributed by atoms with Crippen molar-refractivity contribution in [2.45, 2.75) is 44.1 Å². The largest absolute Gasteiger partial charge is 0.496 e. The first kappa shape index (κ1) is 19.6. The van der Waals surface area contributed by atoms with Crippen LogP contribution in [0.4, 0.5) is 0 Å². The van der Waals surface area contributed by atoms with Gasteiger partial charge in [0, 0.05) is 45.2 Å². The highest BCUT2D eigenvalue weighted by molar-refractivity contribution is 5.73. The molecule has 2 N–H and O–H groups in total. The number of nitrogens with zero attached hydrogens (tertiary/aromatic N) is 2. The maximum atomic E-state index is 11.6. The van der Waals surface area contributed by atoms with Crippen LogP contribution in [0.5, 0.6) is 5.75 Å². The van der Waals surface area contributed by atoms with Crippen LogP contribution in [-0.4, -0.2) is 91.3 Å². The lowest BCUT2D eigenvalue weighted by molar-refractivity contribution is -0.187. The van der Waals surface area contributed by atoms with E-state index in [0.717, 1.165) is 11.3 Å². The van der Waals surface area contributed by atoms with Crippen molar-refractivity contribution in [3.05, 3.63) is 29.8 Å². The Balaban J connectivity index is 1.43. The summed E-state index contributed by atoms with van der Waals surface area (Å²) in [5.74, 6) is 0.910. The van der Waals surface area contributed by atoms with Crippen LogP contribution in [0, 0.1) is 0 Å². The van der Waals surface area contributed by atoms with Crippen LogP contribution in [0.3, 0.4) is 0 Å². The molecule has 154 valence electrons. The third-order valence-corrected chi connectivity index (χ3v) is 6.03. The zero-order chi connectivity index (χ0) is 19.7. The molecular weight excluding hydrogens is 362 g/mol. The Labute approximate surface area is 165 Å². The lowest BCUT2D eigenvalue weighted by Gasteiger charge is -2.46. The molecule has 1 amide bonds. The zero-order valence-corrected chi connectivity index (χ0v) is 16.4. The van der Waals surface area contributed by atoms with Gasteiger partial charge in [-0.25, -0.2) is 0 Å². The Morgan fingerprint density at radius 1 is 1.29 bits per heavy atom. The van der Waals surface area contributed by atoms with E-state index >= 15 is 0 Å². The van der Waals surface area contributed by atoms with E-state index in [-0.39, 0.29) is 24.1 Å². The number of carbonyl (C=O) groups is 1. The molecule has 0 radical (unpaired) electrons. The number of benzene rings is 1. The van der Waals surface area contributed by atoms with Crippen LogP contribution in [-0.2, 0) is 20.8 Å². The van der Waals surface area contributed by atoms with E-state index in [1.165, 1.54) is 0 Å². The Hall–Kier alpha value is -1.71. The van der Waals surface area contributed by atoms with E-state index in [9.17, 15) is 9.90 Å². The molecule has 0 unspecified atom stereocenters. The average Bonchev–Trinajstić information content (AvgIpc) is 3.13. The number of amides is 1. The monoisotopic (exact) mass is 391 g/mol. The summed E-state index contributed by atoms with van der Waals surface area (Å²) < 4.78 is 17.3. The summed E-state index contributed by atoms with van der Waals surface area (Å²) in [6.07, 6.45) is -1.22. The number of piperazine rings is 1. The van der Waals surface area contributed by atoms with Gasteiger partial charge in [0.15, 0.2) is 6.29 Å². The van der Waals surface area contributed by atoms with Crippen molar-refractivity contribution in [3.63, 3.8) is 0 Å². The second-order valence-corrected chi connectivity index (χ2v) is 7.62. The quantitative estimate of drug-likeness (QED) is 0.719. The number of para-hydroxylation sites is 1. The lowest BCUT2D eigenvalue weighted by atomic mass is 9.94. The molecule has 2 bridgehead atoms. The molecule has 1 aromatic rings. The number of nitrogens with one attached hydrogen (secondary N) is 1. The molecule has 1 aromatic carbocycles. The Morgan fingerprint density at radius 2 is 2.04 bits per heavy atom. The van der Waals surface area contributed by atoms with Gasteiger partial charge in [-0.2, -0.15) is 0 Å². The number of fused-ring (bicyclic) bond motifs is 2. The van der Waals surface area contributed by atoms with Gasteiger partial charge in [-0.1, -0.05) is 18.2 Å². The van der Waals surface area contributed by atoms with Gasteiger partial charge in [0.05, 0.1) is 31.9 Å². The van der Waals surface area contributed by atoms with E-state index in [2.05, 4.69) is 10.2 Å². The van der Waals surface area contributed by atoms with Crippen LogP contribution < -0.4 is 10.1 Å². The first-order valence-corrected chi connectivity index (χ1v) is 9.88. The van der Waals surface area contributed by atoms with Gasteiger partial charge in [-0.3, -0.25) is 9.69 Å². The summed E-state index contributed by atoms with van der Waals surface area (Å²) in [6.45, 7) is 5.36. The number of hydrogen-bond donors (Lipinski definition) is 2. The molecule has 28 heavy (non-hydrogen) atoms.